The van der Waals surface area contributed by atoms with E-state index in [0.29, 0.717) is 10.7 Å². The number of likely N-dealkylation sites (N-methyl/N-ethyl adjacent to an activating group) is 1. The molecule has 0 fully saturated rings. The molecular weight excluding hydrogens is 276 g/mol. The number of anilines is 1. The van der Waals surface area contributed by atoms with Crippen LogP contribution in [0.5, 0.6) is 0 Å². The molecule has 0 radical (unpaired) electrons. The van der Waals surface area contributed by atoms with E-state index in [1.807, 2.05) is 0 Å². The number of benzene rings is 1. The number of hydrogen-bond donors (Lipinski definition) is 1. The molecule has 0 aliphatic rings. The third kappa shape index (κ3) is 4.29. The lowest BCUT2D eigenvalue weighted by Gasteiger charge is -2.15. The molecule has 0 aliphatic heterocycles. The summed E-state index contributed by atoms with van der Waals surface area (Å²) in [5.74, 6) is -0.422. The standard InChI is InChI=1S/C11H15ClN2O3S/c1-3-18(16,17)14(2)8-11(15)13-10-6-4-9(12)5-7-10/h4-7H,3,8H2,1-2H3,(H,13,15). The zero-order valence-electron chi connectivity index (χ0n) is 10.2. The molecule has 0 heterocycles. The summed E-state index contributed by atoms with van der Waals surface area (Å²) < 4.78 is 23.9. The van der Waals surface area contributed by atoms with E-state index in [1.165, 1.54) is 14.0 Å². The van der Waals surface area contributed by atoms with E-state index in [9.17, 15) is 13.2 Å². The van der Waals surface area contributed by atoms with Crippen molar-refractivity contribution < 1.29 is 13.2 Å². The molecule has 0 atom stereocenters. The summed E-state index contributed by atoms with van der Waals surface area (Å²) in [6, 6.07) is 6.58. The highest BCUT2D eigenvalue weighted by molar-refractivity contribution is 7.89. The number of carbonyl (C=O) groups is 1. The van der Waals surface area contributed by atoms with Crippen molar-refractivity contribution in [2.45, 2.75) is 6.92 Å². The number of amides is 1. The van der Waals surface area contributed by atoms with Gasteiger partial charge in [0.2, 0.25) is 15.9 Å². The molecule has 0 saturated carbocycles. The molecule has 0 saturated heterocycles. The Hall–Kier alpha value is -1.11. The first kappa shape index (κ1) is 14.9. The Morgan fingerprint density at radius 2 is 1.89 bits per heavy atom. The van der Waals surface area contributed by atoms with Gasteiger partial charge in [0.05, 0.1) is 12.3 Å². The first-order valence-electron chi connectivity index (χ1n) is 5.34. The van der Waals surface area contributed by atoms with Gasteiger partial charge in [-0.25, -0.2) is 8.42 Å². The molecule has 7 heteroatoms. The molecule has 1 rings (SSSR count). The Kier molecular flexibility index (Phi) is 5.13. The normalized spacial score (nSPS) is 11.6. The van der Waals surface area contributed by atoms with Gasteiger partial charge in [0.25, 0.3) is 0 Å². The van der Waals surface area contributed by atoms with Crippen LogP contribution >= 0.6 is 11.6 Å². The van der Waals surface area contributed by atoms with Crippen molar-refractivity contribution >= 4 is 33.2 Å². The van der Waals surface area contributed by atoms with E-state index < -0.39 is 15.9 Å². The third-order valence-corrected chi connectivity index (χ3v) is 4.39. The van der Waals surface area contributed by atoms with Crippen LogP contribution in [0.2, 0.25) is 5.02 Å². The lowest BCUT2D eigenvalue weighted by Crippen LogP contribution is -2.35. The number of carbonyl (C=O) groups excluding carboxylic acids is 1. The largest absolute Gasteiger partial charge is 0.325 e. The molecule has 1 N–H and O–H groups in total. The maximum Gasteiger partial charge on any atom is 0.239 e. The van der Waals surface area contributed by atoms with Crippen molar-refractivity contribution in [1.29, 1.82) is 0 Å². The Bertz CT molecular complexity index is 514. The second-order valence-electron chi connectivity index (χ2n) is 3.71. The highest BCUT2D eigenvalue weighted by atomic mass is 35.5. The monoisotopic (exact) mass is 290 g/mol. The van der Waals surface area contributed by atoms with Crippen LogP contribution in [0.25, 0.3) is 0 Å². The van der Waals surface area contributed by atoms with E-state index in [4.69, 9.17) is 11.6 Å². The summed E-state index contributed by atoms with van der Waals surface area (Å²) in [5.41, 5.74) is 0.576. The minimum Gasteiger partial charge on any atom is -0.325 e. The van der Waals surface area contributed by atoms with Crippen LogP contribution in [-0.2, 0) is 14.8 Å². The molecule has 0 spiro atoms. The summed E-state index contributed by atoms with van der Waals surface area (Å²) in [6.07, 6.45) is 0. The summed E-state index contributed by atoms with van der Waals surface area (Å²) in [4.78, 5) is 11.6. The first-order valence-corrected chi connectivity index (χ1v) is 7.33. The van der Waals surface area contributed by atoms with E-state index in [-0.39, 0.29) is 12.3 Å². The van der Waals surface area contributed by atoms with Gasteiger partial charge in [0.1, 0.15) is 0 Å². The van der Waals surface area contributed by atoms with E-state index in [2.05, 4.69) is 5.32 Å². The van der Waals surface area contributed by atoms with Crippen LogP contribution in [0.15, 0.2) is 24.3 Å². The molecule has 0 bridgehead atoms. The van der Waals surface area contributed by atoms with Gasteiger partial charge in [-0.2, -0.15) is 4.31 Å². The fraction of sp³-hybridized carbons (Fsp3) is 0.364. The molecule has 1 aromatic carbocycles. The molecule has 1 amide bonds. The minimum absolute atomic E-state index is 0.0300. The first-order chi connectivity index (χ1) is 8.35. The average Bonchev–Trinajstić information content (AvgIpc) is 2.32. The zero-order chi connectivity index (χ0) is 13.8. The molecule has 18 heavy (non-hydrogen) atoms. The maximum absolute atomic E-state index is 11.6. The fourth-order valence-electron chi connectivity index (χ4n) is 1.25. The smallest absolute Gasteiger partial charge is 0.239 e. The predicted molar refractivity (Wildman–Crippen MR) is 72.2 cm³/mol. The fourth-order valence-corrected chi connectivity index (χ4v) is 2.14. The number of rotatable bonds is 5. The zero-order valence-corrected chi connectivity index (χ0v) is 11.8. The van der Waals surface area contributed by atoms with Gasteiger partial charge in [0, 0.05) is 17.8 Å². The van der Waals surface area contributed by atoms with E-state index in [0.717, 1.165) is 4.31 Å². The molecule has 100 valence electrons. The Balaban J connectivity index is 2.60. The SMILES string of the molecule is CCS(=O)(=O)N(C)CC(=O)Nc1ccc(Cl)cc1. The summed E-state index contributed by atoms with van der Waals surface area (Å²) >= 11 is 5.71. The van der Waals surface area contributed by atoms with Crippen LogP contribution in [0.4, 0.5) is 5.69 Å². The van der Waals surface area contributed by atoms with Crippen molar-refractivity contribution in [2.24, 2.45) is 0 Å². The van der Waals surface area contributed by atoms with Gasteiger partial charge < -0.3 is 5.32 Å². The molecule has 1 aromatic rings. The van der Waals surface area contributed by atoms with Gasteiger partial charge in [-0.1, -0.05) is 11.6 Å². The van der Waals surface area contributed by atoms with Gasteiger partial charge in [-0.3, -0.25) is 4.79 Å². The van der Waals surface area contributed by atoms with E-state index >= 15 is 0 Å². The van der Waals surface area contributed by atoms with Crippen LogP contribution in [-0.4, -0.2) is 38.0 Å². The highest BCUT2D eigenvalue weighted by Gasteiger charge is 2.18. The predicted octanol–water partition coefficient (Wildman–Crippen LogP) is 1.56. The average molecular weight is 291 g/mol. The Morgan fingerprint density at radius 3 is 2.39 bits per heavy atom. The second kappa shape index (κ2) is 6.17. The van der Waals surface area contributed by atoms with Crippen LogP contribution in [0.1, 0.15) is 6.92 Å². The van der Waals surface area contributed by atoms with Crippen LogP contribution in [0.3, 0.4) is 0 Å². The van der Waals surface area contributed by atoms with Crippen LogP contribution in [0, 0.1) is 0 Å². The van der Waals surface area contributed by atoms with E-state index in [1.54, 1.807) is 24.3 Å². The summed E-state index contributed by atoms with van der Waals surface area (Å²) in [6.45, 7) is 1.32. The second-order valence-corrected chi connectivity index (χ2v) is 6.51. The molecule has 0 aliphatic carbocycles. The van der Waals surface area contributed by atoms with Gasteiger partial charge in [-0.05, 0) is 31.2 Å². The van der Waals surface area contributed by atoms with Gasteiger partial charge in [-0.15, -0.1) is 0 Å². The maximum atomic E-state index is 11.6. The lowest BCUT2D eigenvalue weighted by atomic mass is 10.3. The quantitative estimate of drug-likeness (QED) is 0.895. The Morgan fingerprint density at radius 1 is 1.33 bits per heavy atom. The molecule has 0 aromatic heterocycles. The third-order valence-electron chi connectivity index (χ3n) is 2.33. The van der Waals surface area contributed by atoms with Crippen molar-refractivity contribution in [1.82, 2.24) is 4.31 Å². The minimum atomic E-state index is -3.34. The summed E-state index contributed by atoms with van der Waals surface area (Å²) in [5, 5.41) is 3.16. The highest BCUT2D eigenvalue weighted by Crippen LogP contribution is 2.13. The molecule has 5 nitrogen and oxygen atoms in total. The van der Waals surface area contributed by atoms with Gasteiger partial charge >= 0.3 is 0 Å². The molecule has 0 unspecified atom stereocenters. The number of hydrogen-bond acceptors (Lipinski definition) is 3. The van der Waals surface area contributed by atoms with Crippen molar-refractivity contribution in [3.63, 3.8) is 0 Å². The number of nitrogens with one attached hydrogen (secondary N) is 1. The number of nitrogens with zero attached hydrogens (tertiary/aromatic N) is 1. The number of sulfonamides is 1. The number of halogens is 1. The lowest BCUT2D eigenvalue weighted by molar-refractivity contribution is -0.116. The van der Waals surface area contributed by atoms with Gasteiger partial charge in [0.15, 0.2) is 0 Å². The summed E-state index contributed by atoms with van der Waals surface area (Å²) in [7, 11) is -1.97. The van der Waals surface area contributed by atoms with Crippen LogP contribution < -0.4 is 5.32 Å². The van der Waals surface area contributed by atoms with Crippen molar-refractivity contribution in [3.05, 3.63) is 29.3 Å². The Labute approximate surface area is 112 Å². The van der Waals surface area contributed by atoms with Crippen molar-refractivity contribution in [3.8, 4) is 0 Å². The topological polar surface area (TPSA) is 66.5 Å². The molecular formula is C11H15ClN2O3S. The van der Waals surface area contributed by atoms with Crippen molar-refractivity contribution in [2.75, 3.05) is 24.7 Å².